The maximum Gasteiger partial charge on any atom is 0.490 e. The van der Waals surface area contributed by atoms with Crippen LogP contribution in [0.2, 0.25) is 0 Å². The summed E-state index contributed by atoms with van der Waals surface area (Å²) in [5.41, 5.74) is 4.43. The van der Waals surface area contributed by atoms with E-state index in [1.165, 1.54) is 7.11 Å². The molecule has 7 nitrogen and oxygen atoms in total. The number of hydrogen-bond donors (Lipinski definition) is 3. The van der Waals surface area contributed by atoms with Gasteiger partial charge in [-0.1, -0.05) is 0 Å². The van der Waals surface area contributed by atoms with Gasteiger partial charge in [0.05, 0.1) is 7.11 Å². The molecule has 0 aromatic rings. The number of ether oxygens (including phenoxy) is 1. The van der Waals surface area contributed by atoms with Crippen molar-refractivity contribution in [2.24, 2.45) is 5.73 Å². The lowest BCUT2D eigenvalue weighted by Crippen LogP contribution is -2.21. The van der Waals surface area contributed by atoms with E-state index >= 15 is 0 Å². The number of primary amides is 1. The number of halogens is 6. The van der Waals surface area contributed by atoms with E-state index in [1.807, 2.05) is 0 Å². The molecule has 0 aromatic carbocycles. The number of alkyl halides is 6. The molecule has 0 rings (SSSR count). The molecule has 0 heterocycles. The van der Waals surface area contributed by atoms with Crippen LogP contribution >= 0.6 is 0 Å². The third-order valence-corrected chi connectivity index (χ3v) is 0.686. The SMILES string of the molecule is COC(N)=O.O=C(O)C(F)(F)F.O=C(O)C(F)(F)F. The quantitative estimate of drug-likeness (QED) is 0.572. The van der Waals surface area contributed by atoms with Crippen LogP contribution in [0.4, 0.5) is 31.1 Å². The van der Waals surface area contributed by atoms with Gasteiger partial charge in [0, 0.05) is 0 Å². The molecule has 1 amide bonds. The molecule has 0 radical (unpaired) electrons. The zero-order valence-corrected chi connectivity index (χ0v) is 8.87. The van der Waals surface area contributed by atoms with E-state index in [1.54, 1.807) is 0 Å². The van der Waals surface area contributed by atoms with Crippen molar-refractivity contribution >= 4 is 18.0 Å². The van der Waals surface area contributed by atoms with E-state index in [0.29, 0.717) is 0 Å². The van der Waals surface area contributed by atoms with Gasteiger partial charge in [-0.3, -0.25) is 0 Å². The number of carboxylic acid groups (broad SMARTS) is 2. The zero-order valence-electron chi connectivity index (χ0n) is 8.87. The van der Waals surface area contributed by atoms with Crippen molar-refractivity contribution in [1.29, 1.82) is 0 Å². The highest BCUT2D eigenvalue weighted by Crippen LogP contribution is 2.13. The Morgan fingerprint density at radius 2 is 1.00 bits per heavy atom. The minimum absolute atomic E-state index is 0.745. The number of aliphatic carboxylic acids is 2. The van der Waals surface area contributed by atoms with Gasteiger partial charge in [0.1, 0.15) is 0 Å². The van der Waals surface area contributed by atoms with Crippen LogP contribution in [-0.2, 0) is 14.3 Å². The van der Waals surface area contributed by atoms with E-state index < -0.39 is 30.4 Å². The van der Waals surface area contributed by atoms with E-state index in [4.69, 9.17) is 19.8 Å². The molecular weight excluding hydrogens is 296 g/mol. The molecule has 0 saturated heterocycles. The zero-order chi connectivity index (χ0) is 16.4. The minimum atomic E-state index is -5.08. The van der Waals surface area contributed by atoms with Crippen molar-refractivity contribution in [3.8, 4) is 0 Å². The van der Waals surface area contributed by atoms with Crippen molar-refractivity contribution in [2.45, 2.75) is 12.4 Å². The summed E-state index contributed by atoms with van der Waals surface area (Å²) in [5.74, 6) is -5.51. The molecule has 0 unspecified atom stereocenters. The van der Waals surface area contributed by atoms with Crippen LogP contribution in [0.25, 0.3) is 0 Å². The molecule has 13 heteroatoms. The Balaban J connectivity index is -0.000000206. The third-order valence-electron chi connectivity index (χ3n) is 0.686. The maximum atomic E-state index is 10.6. The lowest BCUT2D eigenvalue weighted by Gasteiger charge is -1.93. The van der Waals surface area contributed by atoms with Gasteiger partial charge >= 0.3 is 30.4 Å². The number of carbonyl (C=O) groups excluding carboxylic acids is 1. The maximum absolute atomic E-state index is 10.6. The van der Waals surface area contributed by atoms with Crippen LogP contribution in [0.3, 0.4) is 0 Å². The summed E-state index contributed by atoms with van der Waals surface area (Å²) in [7, 11) is 1.22. The van der Waals surface area contributed by atoms with Crippen LogP contribution < -0.4 is 5.73 Å². The Morgan fingerprint density at radius 1 is 0.895 bits per heavy atom. The second kappa shape index (κ2) is 8.82. The van der Waals surface area contributed by atoms with Gasteiger partial charge in [-0.25, -0.2) is 14.4 Å². The van der Waals surface area contributed by atoms with Gasteiger partial charge in [-0.2, -0.15) is 26.3 Å². The fourth-order valence-corrected chi connectivity index (χ4v) is 0. The highest BCUT2D eigenvalue weighted by Gasteiger charge is 2.38. The van der Waals surface area contributed by atoms with E-state index in [-0.39, 0.29) is 0 Å². The molecular formula is C6H7F6NO6. The largest absolute Gasteiger partial charge is 0.490 e. The highest BCUT2D eigenvalue weighted by atomic mass is 19.4. The predicted octanol–water partition coefficient (Wildman–Crippen LogP) is 0.978. The van der Waals surface area contributed by atoms with Crippen LogP contribution in [0, 0.1) is 0 Å². The second-order valence-electron chi connectivity index (χ2n) is 2.13. The number of amides is 1. The summed E-state index contributed by atoms with van der Waals surface area (Å²) in [6, 6.07) is 0. The lowest BCUT2D eigenvalue weighted by molar-refractivity contribution is -0.193. The van der Waals surface area contributed by atoms with Crippen molar-refractivity contribution in [2.75, 3.05) is 7.11 Å². The lowest BCUT2D eigenvalue weighted by atomic mass is 10.7. The molecule has 0 aliphatic rings. The molecule has 0 aliphatic heterocycles. The monoisotopic (exact) mass is 303 g/mol. The molecule has 0 fully saturated rings. The number of carbonyl (C=O) groups is 3. The fourth-order valence-electron chi connectivity index (χ4n) is 0. The normalized spacial score (nSPS) is 10.1. The first-order chi connectivity index (χ1) is 8.16. The number of methoxy groups -OCH3 is 1. The minimum Gasteiger partial charge on any atom is -0.475 e. The van der Waals surface area contributed by atoms with Crippen molar-refractivity contribution in [3.63, 3.8) is 0 Å². The van der Waals surface area contributed by atoms with Gasteiger partial charge < -0.3 is 20.7 Å². The number of hydrogen-bond acceptors (Lipinski definition) is 4. The first kappa shape index (κ1) is 22.0. The summed E-state index contributed by atoms with van der Waals surface area (Å²) >= 11 is 0. The third kappa shape index (κ3) is 21.6. The molecule has 0 aromatic heterocycles. The van der Waals surface area contributed by atoms with Crippen molar-refractivity contribution in [1.82, 2.24) is 0 Å². The molecule has 0 bridgehead atoms. The van der Waals surface area contributed by atoms with E-state index in [9.17, 15) is 31.1 Å². The number of rotatable bonds is 0. The first-order valence-corrected chi connectivity index (χ1v) is 3.59. The van der Waals surface area contributed by atoms with Gasteiger partial charge in [0.25, 0.3) is 0 Å². The van der Waals surface area contributed by atoms with Gasteiger partial charge in [0.15, 0.2) is 0 Å². The average Bonchev–Trinajstić information content (AvgIpc) is 2.16. The van der Waals surface area contributed by atoms with Gasteiger partial charge in [-0.15, -0.1) is 0 Å². The van der Waals surface area contributed by atoms with Gasteiger partial charge in [-0.05, 0) is 0 Å². The Morgan fingerprint density at radius 3 is 1.00 bits per heavy atom. The first-order valence-electron chi connectivity index (χ1n) is 3.59. The Kier molecular flexibility index (Phi) is 10.2. The van der Waals surface area contributed by atoms with E-state index in [0.717, 1.165) is 0 Å². The topological polar surface area (TPSA) is 127 Å². The van der Waals surface area contributed by atoms with Crippen LogP contribution in [-0.4, -0.2) is 47.7 Å². The molecule has 0 aliphatic carbocycles. The van der Waals surface area contributed by atoms with Crippen LogP contribution in [0.1, 0.15) is 0 Å². The fraction of sp³-hybridized carbons (Fsp3) is 0.500. The van der Waals surface area contributed by atoms with Gasteiger partial charge in [0.2, 0.25) is 0 Å². The van der Waals surface area contributed by atoms with Crippen molar-refractivity contribution in [3.05, 3.63) is 0 Å². The summed E-state index contributed by atoms with van der Waals surface area (Å²) in [5, 5.41) is 14.2. The Bertz CT molecular complexity index is 286. The predicted molar refractivity (Wildman–Crippen MR) is 44.0 cm³/mol. The Labute approximate surface area is 100 Å². The van der Waals surface area contributed by atoms with E-state index in [2.05, 4.69) is 10.5 Å². The number of carboxylic acids is 2. The van der Waals surface area contributed by atoms with Crippen LogP contribution in [0.5, 0.6) is 0 Å². The molecule has 0 saturated carbocycles. The molecule has 19 heavy (non-hydrogen) atoms. The molecule has 4 N–H and O–H groups in total. The smallest absolute Gasteiger partial charge is 0.475 e. The average molecular weight is 303 g/mol. The van der Waals surface area contributed by atoms with Crippen LogP contribution in [0.15, 0.2) is 0 Å². The number of nitrogens with two attached hydrogens (primary N) is 1. The molecule has 0 atom stereocenters. The highest BCUT2D eigenvalue weighted by molar-refractivity contribution is 5.73. The molecule has 0 spiro atoms. The summed E-state index contributed by atoms with van der Waals surface area (Å²) in [6.45, 7) is 0. The second-order valence-corrected chi connectivity index (χ2v) is 2.13. The standard InChI is InChI=1S/2C2HF3O2.C2H5NO2/c2*3-2(4,5)1(6)7;1-5-2(3)4/h2*(H,6,7);1H3,(H2,3,4). The Hall–Kier alpha value is -2.21. The summed E-state index contributed by atoms with van der Waals surface area (Å²) < 4.78 is 67.4. The molecule has 114 valence electrons. The summed E-state index contributed by atoms with van der Waals surface area (Å²) in [6.07, 6.45) is -10.9. The van der Waals surface area contributed by atoms with Crippen molar-refractivity contribution < 1.29 is 55.7 Å². The summed E-state index contributed by atoms with van der Waals surface area (Å²) in [4.78, 5) is 27.2.